The van der Waals surface area contributed by atoms with E-state index in [-0.39, 0.29) is 5.95 Å². The predicted molar refractivity (Wildman–Crippen MR) is 72.4 cm³/mol. The van der Waals surface area contributed by atoms with Crippen LogP contribution in [0.3, 0.4) is 0 Å². The minimum absolute atomic E-state index is 0.175. The summed E-state index contributed by atoms with van der Waals surface area (Å²) in [6.45, 7) is 1.97. The molecule has 0 atom stereocenters. The molecule has 94 valence electrons. The first-order chi connectivity index (χ1) is 8.58. The molecular weight excluding hydrogens is 273 g/mol. The number of hydrogen-bond acceptors (Lipinski definition) is 4. The molecule has 0 aliphatic carbocycles. The molecule has 0 aliphatic rings. The molecule has 0 fully saturated rings. The smallest absolute Gasteiger partial charge is 0.224 e. The Bertz CT molecular complexity index is 575. The average Bonchev–Trinajstić information content (AvgIpc) is 2.32. The van der Waals surface area contributed by atoms with Crippen molar-refractivity contribution < 1.29 is 4.74 Å². The topological polar surface area (TPSA) is 61.0 Å². The molecule has 0 unspecified atom stereocenters. The van der Waals surface area contributed by atoms with E-state index < -0.39 is 0 Å². The molecule has 18 heavy (non-hydrogen) atoms. The molecule has 1 heterocycles. The van der Waals surface area contributed by atoms with Gasteiger partial charge in [-0.1, -0.05) is 30.1 Å². The maximum Gasteiger partial charge on any atom is 0.224 e. The first-order valence-corrected chi connectivity index (χ1v) is 6.10. The lowest BCUT2D eigenvalue weighted by Gasteiger charge is -2.08. The summed E-state index contributed by atoms with van der Waals surface area (Å²) in [6, 6.07) is 6.69. The molecule has 6 heteroatoms. The molecule has 0 spiro atoms. The predicted octanol–water partition coefficient (Wildman–Crippen LogP) is 3.72. The summed E-state index contributed by atoms with van der Waals surface area (Å²) in [6.07, 6.45) is 0.747. The molecule has 0 radical (unpaired) electrons. The van der Waals surface area contributed by atoms with E-state index in [4.69, 9.17) is 33.7 Å². The molecule has 0 bridgehead atoms. The van der Waals surface area contributed by atoms with E-state index in [0.717, 1.165) is 12.1 Å². The Kier molecular flexibility index (Phi) is 3.89. The third kappa shape index (κ3) is 3.03. The number of rotatable bonds is 3. The molecule has 1 aromatic heterocycles. The van der Waals surface area contributed by atoms with Gasteiger partial charge in [0, 0.05) is 16.8 Å². The third-order valence-electron chi connectivity index (χ3n) is 2.24. The first kappa shape index (κ1) is 12.9. The summed E-state index contributed by atoms with van der Waals surface area (Å²) < 4.78 is 5.57. The zero-order valence-corrected chi connectivity index (χ0v) is 11.2. The van der Waals surface area contributed by atoms with Crippen molar-refractivity contribution in [3.05, 3.63) is 40.0 Å². The van der Waals surface area contributed by atoms with Crippen molar-refractivity contribution in [1.29, 1.82) is 0 Å². The second-order valence-corrected chi connectivity index (χ2v) is 4.43. The largest absolute Gasteiger partial charge is 0.437 e. The van der Waals surface area contributed by atoms with E-state index in [9.17, 15) is 0 Å². The van der Waals surface area contributed by atoms with Crippen LogP contribution < -0.4 is 10.5 Å². The number of aromatic nitrogens is 2. The number of hydrogen-bond donors (Lipinski definition) is 1. The van der Waals surface area contributed by atoms with Gasteiger partial charge in [0.25, 0.3) is 0 Å². The van der Waals surface area contributed by atoms with Crippen molar-refractivity contribution in [2.45, 2.75) is 13.3 Å². The fourth-order valence-corrected chi connectivity index (χ4v) is 1.84. The average molecular weight is 284 g/mol. The number of halogens is 2. The van der Waals surface area contributed by atoms with Gasteiger partial charge in [-0.15, -0.1) is 0 Å². The van der Waals surface area contributed by atoms with Gasteiger partial charge in [0.05, 0.1) is 5.02 Å². The number of aryl methyl sites for hydroxylation is 1. The molecule has 0 aliphatic heterocycles. The summed E-state index contributed by atoms with van der Waals surface area (Å²) in [5.41, 5.74) is 6.40. The standard InChI is InChI=1S/C12H11Cl2N3O/c1-2-8-6-11(17-12(15)16-8)18-10-4-3-7(13)5-9(10)14/h3-6H,2H2,1H3,(H2,15,16,17). The van der Waals surface area contributed by atoms with Gasteiger partial charge in [-0.2, -0.15) is 4.98 Å². The van der Waals surface area contributed by atoms with Gasteiger partial charge >= 0.3 is 0 Å². The van der Waals surface area contributed by atoms with Gasteiger partial charge < -0.3 is 10.5 Å². The zero-order valence-electron chi connectivity index (χ0n) is 9.65. The highest BCUT2D eigenvalue weighted by Gasteiger charge is 2.07. The number of nitrogen functional groups attached to an aromatic ring is 1. The monoisotopic (exact) mass is 283 g/mol. The fourth-order valence-electron chi connectivity index (χ4n) is 1.40. The summed E-state index contributed by atoms with van der Waals surface area (Å²) in [4.78, 5) is 8.06. The molecule has 0 amide bonds. The molecule has 0 saturated heterocycles. The SMILES string of the molecule is CCc1cc(Oc2ccc(Cl)cc2Cl)nc(N)n1. The Labute approximate surface area is 115 Å². The van der Waals surface area contributed by atoms with Crippen LogP contribution in [0.5, 0.6) is 11.6 Å². The second kappa shape index (κ2) is 5.42. The molecule has 2 rings (SSSR count). The van der Waals surface area contributed by atoms with Crippen LogP contribution in [0, 0.1) is 0 Å². The van der Waals surface area contributed by atoms with Crippen LogP contribution in [0.2, 0.25) is 10.0 Å². The normalized spacial score (nSPS) is 10.4. The van der Waals surface area contributed by atoms with E-state index >= 15 is 0 Å². The van der Waals surface area contributed by atoms with Gasteiger partial charge in [0.2, 0.25) is 11.8 Å². The maximum absolute atomic E-state index is 6.01. The van der Waals surface area contributed by atoms with Crippen molar-refractivity contribution in [3.8, 4) is 11.6 Å². The minimum Gasteiger partial charge on any atom is -0.437 e. The van der Waals surface area contributed by atoms with Gasteiger partial charge in [0.1, 0.15) is 5.75 Å². The van der Waals surface area contributed by atoms with Crippen molar-refractivity contribution >= 4 is 29.2 Å². The lowest BCUT2D eigenvalue weighted by atomic mass is 10.3. The third-order valence-corrected chi connectivity index (χ3v) is 2.77. The Morgan fingerprint density at radius 1 is 1.22 bits per heavy atom. The zero-order chi connectivity index (χ0) is 13.1. The summed E-state index contributed by atoms with van der Waals surface area (Å²) in [5.74, 6) is 1.01. The Morgan fingerprint density at radius 2 is 2.00 bits per heavy atom. The Hall–Kier alpha value is -1.52. The van der Waals surface area contributed by atoms with Crippen molar-refractivity contribution in [1.82, 2.24) is 9.97 Å². The van der Waals surface area contributed by atoms with E-state index in [1.165, 1.54) is 0 Å². The highest BCUT2D eigenvalue weighted by Crippen LogP contribution is 2.31. The van der Waals surface area contributed by atoms with E-state index in [1.54, 1.807) is 24.3 Å². The van der Waals surface area contributed by atoms with Crippen molar-refractivity contribution in [2.75, 3.05) is 5.73 Å². The Balaban J connectivity index is 2.30. The first-order valence-electron chi connectivity index (χ1n) is 5.35. The molecule has 2 aromatic rings. The number of anilines is 1. The summed E-state index contributed by atoms with van der Waals surface area (Å²) in [5, 5.41) is 0.960. The van der Waals surface area contributed by atoms with Gasteiger partial charge in [-0.25, -0.2) is 4.98 Å². The number of benzene rings is 1. The summed E-state index contributed by atoms with van der Waals surface area (Å²) in [7, 11) is 0. The van der Waals surface area contributed by atoms with Crippen LogP contribution >= 0.6 is 23.2 Å². The van der Waals surface area contributed by atoms with Crippen LogP contribution in [0.25, 0.3) is 0 Å². The highest BCUT2D eigenvalue weighted by atomic mass is 35.5. The second-order valence-electron chi connectivity index (χ2n) is 3.59. The molecule has 1 aromatic carbocycles. The van der Waals surface area contributed by atoms with Crippen LogP contribution in [0.1, 0.15) is 12.6 Å². The van der Waals surface area contributed by atoms with E-state index in [1.807, 2.05) is 6.92 Å². The maximum atomic E-state index is 6.01. The number of ether oxygens (including phenoxy) is 1. The molecule has 2 N–H and O–H groups in total. The van der Waals surface area contributed by atoms with Gasteiger partial charge in [-0.3, -0.25) is 0 Å². The van der Waals surface area contributed by atoms with Gasteiger partial charge in [0.15, 0.2) is 0 Å². The lowest BCUT2D eigenvalue weighted by molar-refractivity contribution is 0.462. The molecule has 0 saturated carbocycles. The minimum atomic E-state index is 0.175. The van der Waals surface area contributed by atoms with Gasteiger partial charge in [-0.05, 0) is 24.6 Å². The number of nitrogens with zero attached hydrogens (tertiary/aromatic N) is 2. The van der Waals surface area contributed by atoms with E-state index in [2.05, 4.69) is 9.97 Å². The fraction of sp³-hybridized carbons (Fsp3) is 0.167. The van der Waals surface area contributed by atoms with Crippen LogP contribution in [-0.2, 0) is 6.42 Å². The molecule has 4 nitrogen and oxygen atoms in total. The Morgan fingerprint density at radius 3 is 2.67 bits per heavy atom. The van der Waals surface area contributed by atoms with E-state index in [0.29, 0.717) is 21.7 Å². The lowest BCUT2D eigenvalue weighted by Crippen LogP contribution is -2.00. The number of nitrogens with two attached hydrogens (primary N) is 1. The molecular formula is C12H11Cl2N3O. The van der Waals surface area contributed by atoms with Crippen molar-refractivity contribution in [3.63, 3.8) is 0 Å². The van der Waals surface area contributed by atoms with Crippen LogP contribution in [0.15, 0.2) is 24.3 Å². The van der Waals surface area contributed by atoms with Crippen molar-refractivity contribution in [2.24, 2.45) is 0 Å². The quantitative estimate of drug-likeness (QED) is 0.933. The summed E-state index contributed by atoms with van der Waals surface area (Å²) >= 11 is 11.8. The van der Waals surface area contributed by atoms with Crippen LogP contribution in [0.4, 0.5) is 5.95 Å². The van der Waals surface area contributed by atoms with Crippen LogP contribution in [-0.4, -0.2) is 9.97 Å². The highest BCUT2D eigenvalue weighted by molar-refractivity contribution is 6.35.